The van der Waals surface area contributed by atoms with Gasteiger partial charge in [0.15, 0.2) is 5.75 Å². The molecule has 2 heterocycles. The Hall–Kier alpha value is -2.51. The number of anilines is 2. The quantitative estimate of drug-likeness (QED) is 0.761. The van der Waals surface area contributed by atoms with Gasteiger partial charge in [0.2, 0.25) is 17.8 Å². The van der Waals surface area contributed by atoms with Crippen molar-refractivity contribution < 1.29 is 4.74 Å². The first-order valence-electron chi connectivity index (χ1n) is 6.11. The van der Waals surface area contributed by atoms with Gasteiger partial charge in [-0.05, 0) is 18.2 Å². The normalized spacial score (nSPS) is 10.6. The van der Waals surface area contributed by atoms with Gasteiger partial charge in [-0.3, -0.25) is 0 Å². The molecule has 7 nitrogen and oxygen atoms in total. The summed E-state index contributed by atoms with van der Waals surface area (Å²) in [6.45, 7) is 0. The highest BCUT2D eigenvalue weighted by molar-refractivity contribution is 6.37. The van der Waals surface area contributed by atoms with E-state index in [1.54, 1.807) is 36.5 Å². The predicted octanol–water partition coefficient (Wildman–Crippen LogP) is 2.93. The molecule has 22 heavy (non-hydrogen) atoms. The van der Waals surface area contributed by atoms with Gasteiger partial charge in [0.25, 0.3) is 0 Å². The maximum atomic E-state index is 6.22. The molecular weight excluding hydrogens is 327 g/mol. The van der Waals surface area contributed by atoms with Gasteiger partial charge in [0.05, 0.1) is 15.7 Å². The second kappa shape index (κ2) is 5.70. The number of ether oxygens (including phenoxy) is 1. The van der Waals surface area contributed by atoms with E-state index in [1.165, 1.54) is 4.68 Å². The summed E-state index contributed by atoms with van der Waals surface area (Å²) in [6.07, 6.45) is 1.60. The number of nitrogen functional groups attached to an aromatic ring is 2. The van der Waals surface area contributed by atoms with E-state index < -0.39 is 0 Å². The summed E-state index contributed by atoms with van der Waals surface area (Å²) < 4.78 is 6.92. The first-order chi connectivity index (χ1) is 10.5. The lowest BCUT2D eigenvalue weighted by Gasteiger charge is -2.11. The number of nitrogens with two attached hydrogens (primary N) is 2. The molecule has 3 rings (SSSR count). The van der Waals surface area contributed by atoms with Gasteiger partial charge in [0.1, 0.15) is 0 Å². The molecule has 0 saturated carbocycles. The second-order valence-corrected chi connectivity index (χ2v) is 5.06. The van der Waals surface area contributed by atoms with E-state index in [0.29, 0.717) is 11.6 Å². The summed E-state index contributed by atoms with van der Waals surface area (Å²) in [7, 11) is 0. The average Bonchev–Trinajstić information content (AvgIpc) is 2.82. The average molecular weight is 337 g/mol. The molecule has 1 aromatic carbocycles. The fourth-order valence-electron chi connectivity index (χ4n) is 1.81. The monoisotopic (exact) mass is 336 g/mol. The fourth-order valence-corrected chi connectivity index (χ4v) is 2.36. The van der Waals surface area contributed by atoms with Crippen LogP contribution in [0.3, 0.4) is 0 Å². The van der Waals surface area contributed by atoms with E-state index in [4.69, 9.17) is 39.4 Å². The Labute approximate surface area is 135 Å². The minimum absolute atomic E-state index is 0.0542. The fraction of sp³-hybridized carbons (Fsp3) is 0. The third kappa shape index (κ3) is 2.76. The van der Waals surface area contributed by atoms with Crippen molar-refractivity contribution in [3.8, 4) is 17.3 Å². The molecule has 9 heteroatoms. The minimum Gasteiger partial charge on any atom is -0.436 e. The first-order valence-corrected chi connectivity index (χ1v) is 6.86. The van der Waals surface area contributed by atoms with Crippen LogP contribution >= 0.6 is 23.2 Å². The van der Waals surface area contributed by atoms with Gasteiger partial charge in [-0.25, -0.2) is 4.98 Å². The number of hydrogen-bond donors (Lipinski definition) is 2. The molecule has 0 fully saturated rings. The number of pyridine rings is 1. The van der Waals surface area contributed by atoms with E-state index >= 15 is 0 Å². The van der Waals surface area contributed by atoms with E-state index in [2.05, 4.69) is 15.1 Å². The molecule has 0 unspecified atom stereocenters. The van der Waals surface area contributed by atoms with Crippen molar-refractivity contribution >= 4 is 35.1 Å². The van der Waals surface area contributed by atoms with Gasteiger partial charge < -0.3 is 16.2 Å². The van der Waals surface area contributed by atoms with Crippen molar-refractivity contribution in [1.29, 1.82) is 0 Å². The van der Waals surface area contributed by atoms with Crippen molar-refractivity contribution in [2.75, 3.05) is 11.5 Å². The largest absolute Gasteiger partial charge is 0.436 e. The van der Waals surface area contributed by atoms with Crippen LogP contribution in [0.1, 0.15) is 0 Å². The summed E-state index contributed by atoms with van der Waals surface area (Å²) in [6, 6.07) is 8.44. The molecule has 0 radical (unpaired) electrons. The lowest BCUT2D eigenvalue weighted by atomic mass is 10.3. The number of nitrogens with zero attached hydrogens (tertiary/aromatic N) is 4. The van der Waals surface area contributed by atoms with Crippen molar-refractivity contribution in [2.24, 2.45) is 0 Å². The predicted molar refractivity (Wildman–Crippen MR) is 84.5 cm³/mol. The lowest BCUT2D eigenvalue weighted by molar-refractivity contribution is 0.463. The van der Waals surface area contributed by atoms with Gasteiger partial charge in [-0.15, -0.1) is 5.10 Å². The maximum Gasteiger partial charge on any atom is 0.241 e. The van der Waals surface area contributed by atoms with Crippen LogP contribution < -0.4 is 16.2 Å². The van der Waals surface area contributed by atoms with E-state index in [-0.39, 0.29) is 27.7 Å². The van der Waals surface area contributed by atoms with Crippen molar-refractivity contribution in [3.05, 3.63) is 46.6 Å². The maximum absolute atomic E-state index is 6.22. The van der Waals surface area contributed by atoms with E-state index in [1.807, 2.05) is 0 Å². The molecule has 0 spiro atoms. The Kier molecular flexibility index (Phi) is 3.74. The molecule has 0 aliphatic heterocycles. The Morgan fingerprint density at radius 1 is 1.09 bits per heavy atom. The summed E-state index contributed by atoms with van der Waals surface area (Å²) >= 11 is 12.4. The molecule has 2 aromatic heterocycles. The van der Waals surface area contributed by atoms with Gasteiger partial charge in [0, 0.05) is 12.3 Å². The highest BCUT2D eigenvalue weighted by atomic mass is 35.5. The first kappa shape index (κ1) is 14.4. The molecule has 0 saturated heterocycles. The van der Waals surface area contributed by atoms with Gasteiger partial charge >= 0.3 is 0 Å². The summed E-state index contributed by atoms with van der Waals surface area (Å²) in [5, 5.41) is 4.52. The Balaban J connectivity index is 2.00. The van der Waals surface area contributed by atoms with E-state index in [0.717, 1.165) is 0 Å². The smallest absolute Gasteiger partial charge is 0.241 e. The Morgan fingerprint density at radius 2 is 1.82 bits per heavy atom. The summed E-state index contributed by atoms with van der Waals surface area (Å²) in [4.78, 5) is 7.87. The highest BCUT2D eigenvalue weighted by Gasteiger charge is 2.15. The molecule has 0 amide bonds. The van der Waals surface area contributed by atoms with Crippen molar-refractivity contribution in [1.82, 2.24) is 19.7 Å². The molecule has 0 aliphatic rings. The number of rotatable bonds is 3. The van der Waals surface area contributed by atoms with Crippen LogP contribution in [0.25, 0.3) is 5.69 Å². The van der Waals surface area contributed by atoms with Crippen LogP contribution in [-0.4, -0.2) is 19.7 Å². The Morgan fingerprint density at radius 3 is 2.36 bits per heavy atom. The number of benzene rings is 1. The lowest BCUT2D eigenvalue weighted by Crippen LogP contribution is -2.03. The summed E-state index contributed by atoms with van der Waals surface area (Å²) in [5.74, 6) is 0.850. The Bertz CT molecular complexity index is 798. The third-order valence-electron chi connectivity index (χ3n) is 2.72. The number of hydrogen-bond acceptors (Lipinski definition) is 6. The van der Waals surface area contributed by atoms with Crippen LogP contribution in [0.4, 0.5) is 11.9 Å². The molecule has 0 atom stereocenters. The van der Waals surface area contributed by atoms with Crippen molar-refractivity contribution in [3.63, 3.8) is 0 Å². The molecule has 0 bridgehead atoms. The minimum atomic E-state index is 0.0542. The zero-order chi connectivity index (χ0) is 15.7. The zero-order valence-corrected chi connectivity index (χ0v) is 12.6. The number of aromatic nitrogens is 4. The number of halogens is 2. The van der Waals surface area contributed by atoms with Crippen LogP contribution in [0.5, 0.6) is 11.6 Å². The summed E-state index contributed by atoms with van der Waals surface area (Å²) in [5.41, 5.74) is 11.7. The molecule has 0 aliphatic carbocycles. The van der Waals surface area contributed by atoms with Gasteiger partial charge in [-0.1, -0.05) is 29.3 Å². The second-order valence-electron chi connectivity index (χ2n) is 4.25. The standard InChI is InChI=1S/C13H10Cl2N6O/c14-8-5-7(21-13(17)19-12(16)20-21)6-9(15)11(8)22-10-3-1-2-4-18-10/h1-6H,(H4,16,17,19,20). The van der Waals surface area contributed by atoms with Crippen LogP contribution in [0.15, 0.2) is 36.5 Å². The zero-order valence-electron chi connectivity index (χ0n) is 11.1. The van der Waals surface area contributed by atoms with Crippen LogP contribution in [-0.2, 0) is 0 Å². The molecule has 3 aromatic rings. The molecule has 4 N–H and O–H groups in total. The topological polar surface area (TPSA) is 105 Å². The van der Waals surface area contributed by atoms with Crippen LogP contribution in [0.2, 0.25) is 10.0 Å². The van der Waals surface area contributed by atoms with Gasteiger partial charge in [-0.2, -0.15) is 9.67 Å². The van der Waals surface area contributed by atoms with Crippen LogP contribution in [0, 0.1) is 0 Å². The molecular formula is C13H10Cl2N6O. The van der Waals surface area contributed by atoms with E-state index in [9.17, 15) is 0 Å². The molecule has 112 valence electrons. The third-order valence-corrected chi connectivity index (χ3v) is 3.28. The van der Waals surface area contributed by atoms with Crippen molar-refractivity contribution in [2.45, 2.75) is 0 Å². The SMILES string of the molecule is Nc1nc(N)n(-c2cc(Cl)c(Oc3ccccn3)c(Cl)c2)n1. The highest BCUT2D eigenvalue weighted by Crippen LogP contribution is 2.38.